The Morgan fingerprint density at radius 3 is 2.65 bits per heavy atom. The smallest absolute Gasteiger partial charge is 0.341 e. The Morgan fingerprint density at radius 2 is 2.10 bits per heavy atom. The van der Waals surface area contributed by atoms with Crippen LogP contribution in [0.2, 0.25) is 0 Å². The van der Waals surface area contributed by atoms with Crippen LogP contribution in [0.1, 0.15) is 29.0 Å². The summed E-state index contributed by atoms with van der Waals surface area (Å²) in [6.45, 7) is 2.28. The molecular weight excluding hydrogens is 308 g/mol. The average molecular weight is 327 g/mol. The van der Waals surface area contributed by atoms with Gasteiger partial charge in [0.05, 0.1) is 7.11 Å². The van der Waals surface area contributed by atoms with Crippen LogP contribution in [-0.2, 0) is 14.8 Å². The Kier molecular flexibility index (Phi) is 7.80. The van der Waals surface area contributed by atoms with Crippen LogP contribution in [0.15, 0.2) is 15.6 Å². The molecule has 0 spiro atoms. The molecule has 1 aromatic rings. The molecule has 116 valence electrons. The summed E-state index contributed by atoms with van der Waals surface area (Å²) in [5.41, 5.74) is 5.42. The SMILES string of the molecule is COC(=O)c1cc(S(=O)(=O)NCCCCN)oc1C.Cl. The fourth-order valence-electron chi connectivity index (χ4n) is 1.45. The van der Waals surface area contributed by atoms with Crippen LogP contribution < -0.4 is 10.5 Å². The fourth-order valence-corrected chi connectivity index (χ4v) is 2.51. The van der Waals surface area contributed by atoms with E-state index in [1.807, 2.05) is 0 Å². The monoisotopic (exact) mass is 326 g/mol. The minimum atomic E-state index is -3.75. The summed E-state index contributed by atoms with van der Waals surface area (Å²) in [5.74, 6) is -0.431. The first-order valence-electron chi connectivity index (χ1n) is 5.81. The number of hydrogen-bond acceptors (Lipinski definition) is 6. The number of esters is 1. The Morgan fingerprint density at radius 1 is 1.45 bits per heavy atom. The third-order valence-corrected chi connectivity index (χ3v) is 3.80. The number of methoxy groups -OCH3 is 1. The molecule has 0 aromatic carbocycles. The highest BCUT2D eigenvalue weighted by Crippen LogP contribution is 2.19. The number of carbonyl (C=O) groups is 1. The van der Waals surface area contributed by atoms with Crippen LogP contribution in [-0.4, -0.2) is 34.6 Å². The summed E-state index contributed by atoms with van der Waals surface area (Å²) in [6.07, 6.45) is 1.37. The number of nitrogens with one attached hydrogen (secondary N) is 1. The lowest BCUT2D eigenvalue weighted by molar-refractivity contribution is 0.0599. The highest BCUT2D eigenvalue weighted by molar-refractivity contribution is 7.89. The lowest BCUT2D eigenvalue weighted by atomic mass is 10.3. The average Bonchev–Trinajstić information content (AvgIpc) is 2.77. The van der Waals surface area contributed by atoms with Crippen molar-refractivity contribution in [2.45, 2.75) is 24.9 Å². The zero-order chi connectivity index (χ0) is 14.5. The van der Waals surface area contributed by atoms with Gasteiger partial charge in [-0.15, -0.1) is 12.4 Å². The zero-order valence-corrected chi connectivity index (χ0v) is 13.0. The van der Waals surface area contributed by atoms with Gasteiger partial charge in [-0.3, -0.25) is 0 Å². The third kappa shape index (κ3) is 4.78. The molecule has 1 rings (SSSR count). The second-order valence-corrected chi connectivity index (χ2v) is 5.62. The topological polar surface area (TPSA) is 112 Å². The molecule has 0 saturated heterocycles. The second-order valence-electron chi connectivity index (χ2n) is 3.92. The molecule has 0 amide bonds. The van der Waals surface area contributed by atoms with Crippen molar-refractivity contribution in [1.29, 1.82) is 0 Å². The first-order chi connectivity index (χ1) is 8.92. The number of furan rings is 1. The van der Waals surface area contributed by atoms with Crippen LogP contribution in [0.5, 0.6) is 0 Å². The maximum absolute atomic E-state index is 11.9. The molecule has 20 heavy (non-hydrogen) atoms. The summed E-state index contributed by atoms with van der Waals surface area (Å²) in [5, 5.41) is -0.293. The van der Waals surface area contributed by atoms with Gasteiger partial charge < -0.3 is 14.9 Å². The van der Waals surface area contributed by atoms with Crippen LogP contribution in [0.3, 0.4) is 0 Å². The van der Waals surface area contributed by atoms with Crippen molar-refractivity contribution in [3.05, 3.63) is 17.4 Å². The van der Waals surface area contributed by atoms with E-state index in [-0.39, 0.29) is 35.4 Å². The minimum Gasteiger partial charge on any atom is -0.465 e. The molecule has 0 aliphatic carbocycles. The first-order valence-corrected chi connectivity index (χ1v) is 7.29. The summed E-state index contributed by atoms with van der Waals surface area (Å²) < 4.78 is 35.8. The Hall–Kier alpha value is -1.09. The molecule has 0 aliphatic heterocycles. The highest BCUT2D eigenvalue weighted by atomic mass is 35.5. The normalized spacial score (nSPS) is 10.9. The van der Waals surface area contributed by atoms with Crippen molar-refractivity contribution in [3.63, 3.8) is 0 Å². The number of nitrogens with two attached hydrogens (primary N) is 1. The summed E-state index contributed by atoms with van der Waals surface area (Å²) in [6, 6.07) is 1.16. The van der Waals surface area contributed by atoms with Gasteiger partial charge in [0.2, 0.25) is 5.09 Å². The molecule has 7 nitrogen and oxygen atoms in total. The van der Waals surface area contributed by atoms with Gasteiger partial charge in [0.1, 0.15) is 11.3 Å². The molecular formula is C11H19ClN2O5S. The zero-order valence-electron chi connectivity index (χ0n) is 11.3. The van der Waals surface area contributed by atoms with E-state index < -0.39 is 16.0 Å². The van der Waals surface area contributed by atoms with Crippen LogP contribution in [0.4, 0.5) is 0 Å². The van der Waals surface area contributed by atoms with Gasteiger partial charge in [-0.2, -0.15) is 0 Å². The Labute approximate surface area is 124 Å². The second kappa shape index (κ2) is 8.25. The molecule has 9 heteroatoms. The number of hydrogen-bond donors (Lipinski definition) is 2. The maximum atomic E-state index is 11.9. The highest BCUT2D eigenvalue weighted by Gasteiger charge is 2.23. The van der Waals surface area contributed by atoms with Crippen molar-refractivity contribution in [2.24, 2.45) is 5.73 Å². The molecule has 0 bridgehead atoms. The number of rotatable bonds is 7. The van der Waals surface area contributed by atoms with Gasteiger partial charge in [0.15, 0.2) is 0 Å². The lowest BCUT2D eigenvalue weighted by Gasteiger charge is -2.02. The van der Waals surface area contributed by atoms with Gasteiger partial charge in [-0.1, -0.05) is 0 Å². The lowest BCUT2D eigenvalue weighted by Crippen LogP contribution is -2.24. The maximum Gasteiger partial charge on any atom is 0.341 e. The van der Waals surface area contributed by atoms with E-state index in [1.54, 1.807) is 0 Å². The number of aryl methyl sites for hydroxylation is 1. The molecule has 0 fully saturated rings. The van der Waals surface area contributed by atoms with E-state index in [0.717, 1.165) is 12.5 Å². The van der Waals surface area contributed by atoms with E-state index in [1.165, 1.54) is 14.0 Å². The molecule has 0 aliphatic rings. The fraction of sp³-hybridized carbons (Fsp3) is 0.545. The number of ether oxygens (including phenoxy) is 1. The molecule has 0 unspecified atom stereocenters. The number of sulfonamides is 1. The number of halogens is 1. The number of unbranched alkanes of at least 4 members (excludes halogenated alkanes) is 1. The quantitative estimate of drug-likeness (QED) is 0.566. The van der Waals surface area contributed by atoms with Crippen molar-refractivity contribution < 1.29 is 22.4 Å². The van der Waals surface area contributed by atoms with E-state index in [9.17, 15) is 13.2 Å². The van der Waals surface area contributed by atoms with Gasteiger partial charge in [0, 0.05) is 12.6 Å². The molecule has 1 aromatic heterocycles. The molecule has 0 radical (unpaired) electrons. The van der Waals surface area contributed by atoms with Gasteiger partial charge in [0.25, 0.3) is 10.0 Å². The van der Waals surface area contributed by atoms with Crippen LogP contribution in [0.25, 0.3) is 0 Å². The van der Waals surface area contributed by atoms with E-state index in [4.69, 9.17) is 10.2 Å². The molecule has 3 N–H and O–H groups in total. The predicted molar refractivity (Wildman–Crippen MR) is 75.5 cm³/mol. The van der Waals surface area contributed by atoms with Crippen molar-refractivity contribution in [3.8, 4) is 0 Å². The summed E-state index contributed by atoms with van der Waals surface area (Å²) in [4.78, 5) is 11.4. The van der Waals surface area contributed by atoms with Gasteiger partial charge in [-0.25, -0.2) is 17.9 Å². The largest absolute Gasteiger partial charge is 0.465 e. The number of carbonyl (C=O) groups excluding carboxylic acids is 1. The summed E-state index contributed by atoms with van der Waals surface area (Å²) in [7, 11) is -2.53. The summed E-state index contributed by atoms with van der Waals surface area (Å²) >= 11 is 0. The molecule has 0 atom stereocenters. The molecule has 1 heterocycles. The minimum absolute atomic E-state index is 0. The Bertz CT molecular complexity index is 541. The Balaban J connectivity index is 0.00000361. The molecule has 0 saturated carbocycles. The van der Waals surface area contributed by atoms with Gasteiger partial charge in [-0.05, 0) is 26.3 Å². The van der Waals surface area contributed by atoms with E-state index >= 15 is 0 Å². The van der Waals surface area contributed by atoms with E-state index in [2.05, 4.69) is 9.46 Å². The van der Waals surface area contributed by atoms with Crippen molar-refractivity contribution >= 4 is 28.4 Å². The van der Waals surface area contributed by atoms with Crippen molar-refractivity contribution in [2.75, 3.05) is 20.2 Å². The van der Waals surface area contributed by atoms with Crippen molar-refractivity contribution in [1.82, 2.24) is 4.72 Å². The van der Waals surface area contributed by atoms with Gasteiger partial charge >= 0.3 is 5.97 Å². The van der Waals surface area contributed by atoms with Crippen LogP contribution >= 0.6 is 12.4 Å². The first kappa shape index (κ1) is 18.9. The van der Waals surface area contributed by atoms with E-state index in [0.29, 0.717) is 13.0 Å². The standard InChI is InChI=1S/C11H18N2O5S.ClH/c1-8-9(11(14)17-2)7-10(18-8)19(15,16)13-6-4-3-5-12;/h7,13H,3-6,12H2,1-2H3;1H. The predicted octanol–water partition coefficient (Wildman–Crippen LogP) is 0.814. The van der Waals surface area contributed by atoms with Crippen LogP contribution in [0, 0.1) is 6.92 Å². The third-order valence-electron chi connectivity index (χ3n) is 2.49.